The predicted octanol–water partition coefficient (Wildman–Crippen LogP) is 3.67. The molecule has 3 heteroatoms. The van der Waals surface area contributed by atoms with Crippen LogP contribution in [0, 0.1) is 11.8 Å². The minimum atomic E-state index is 0.0229. The van der Waals surface area contributed by atoms with E-state index in [0.29, 0.717) is 18.7 Å². The molecule has 0 heterocycles. The lowest BCUT2D eigenvalue weighted by atomic mass is 9.80. The van der Waals surface area contributed by atoms with Gasteiger partial charge in [-0.3, -0.25) is 4.79 Å². The number of esters is 1. The van der Waals surface area contributed by atoms with E-state index in [1.165, 1.54) is 38.5 Å². The van der Waals surface area contributed by atoms with Crippen LogP contribution < -0.4 is 5.32 Å². The maximum Gasteiger partial charge on any atom is 0.308 e. The third-order valence-electron chi connectivity index (χ3n) is 5.18. The Balaban J connectivity index is 1.84. The highest BCUT2D eigenvalue weighted by Crippen LogP contribution is 2.30. The number of nitrogens with one attached hydrogen (secondary N) is 1. The second kappa shape index (κ2) is 8.02. The quantitative estimate of drug-likeness (QED) is 0.781. The molecule has 2 saturated carbocycles. The van der Waals surface area contributed by atoms with E-state index in [2.05, 4.69) is 12.2 Å². The first-order chi connectivity index (χ1) is 9.74. The van der Waals surface area contributed by atoms with Crippen molar-refractivity contribution in [1.82, 2.24) is 5.32 Å². The smallest absolute Gasteiger partial charge is 0.308 e. The van der Waals surface area contributed by atoms with E-state index >= 15 is 0 Å². The molecule has 2 aliphatic rings. The largest absolute Gasteiger partial charge is 0.466 e. The highest BCUT2D eigenvalue weighted by Gasteiger charge is 2.31. The molecule has 0 spiro atoms. The lowest BCUT2D eigenvalue weighted by molar-refractivity contribution is -0.149. The highest BCUT2D eigenvalue weighted by atomic mass is 16.5. The number of rotatable bonds is 5. The van der Waals surface area contributed by atoms with Crippen molar-refractivity contribution in [2.75, 3.05) is 6.61 Å². The third-order valence-corrected chi connectivity index (χ3v) is 5.18. The van der Waals surface area contributed by atoms with Crippen LogP contribution >= 0.6 is 0 Å². The van der Waals surface area contributed by atoms with E-state index in [0.717, 1.165) is 25.2 Å². The summed E-state index contributed by atoms with van der Waals surface area (Å²) in [4.78, 5) is 11.9. The van der Waals surface area contributed by atoms with Crippen LogP contribution in [0.15, 0.2) is 0 Å². The molecule has 0 aromatic rings. The topological polar surface area (TPSA) is 38.3 Å². The van der Waals surface area contributed by atoms with Crippen molar-refractivity contribution in [2.24, 2.45) is 11.8 Å². The van der Waals surface area contributed by atoms with Crippen LogP contribution in [0.1, 0.15) is 71.6 Å². The molecule has 20 heavy (non-hydrogen) atoms. The van der Waals surface area contributed by atoms with Crippen LogP contribution in [-0.4, -0.2) is 24.7 Å². The summed E-state index contributed by atoms with van der Waals surface area (Å²) in [6.07, 6.45) is 11.1. The van der Waals surface area contributed by atoms with Gasteiger partial charge in [0.15, 0.2) is 0 Å². The van der Waals surface area contributed by atoms with Crippen molar-refractivity contribution >= 4 is 5.97 Å². The van der Waals surface area contributed by atoms with Crippen molar-refractivity contribution in [3.8, 4) is 0 Å². The third kappa shape index (κ3) is 4.21. The zero-order valence-corrected chi connectivity index (χ0v) is 13.2. The summed E-state index contributed by atoms with van der Waals surface area (Å²) in [5, 5.41) is 3.88. The molecule has 2 fully saturated rings. The molecule has 3 nitrogen and oxygen atoms in total. The molecular weight excluding hydrogens is 250 g/mol. The number of hydrogen-bond donors (Lipinski definition) is 1. The lowest BCUT2D eigenvalue weighted by Gasteiger charge is -2.37. The van der Waals surface area contributed by atoms with E-state index in [-0.39, 0.29) is 11.9 Å². The van der Waals surface area contributed by atoms with Gasteiger partial charge in [0.1, 0.15) is 0 Å². The fraction of sp³-hybridized carbons (Fsp3) is 0.941. The Bertz CT molecular complexity index is 305. The van der Waals surface area contributed by atoms with E-state index in [1.54, 1.807) is 0 Å². The molecule has 2 rings (SSSR count). The van der Waals surface area contributed by atoms with Gasteiger partial charge in [0, 0.05) is 12.1 Å². The minimum Gasteiger partial charge on any atom is -0.466 e. The number of carbonyl (C=O) groups is 1. The number of hydrogen-bond acceptors (Lipinski definition) is 3. The summed E-state index contributed by atoms with van der Waals surface area (Å²) in [7, 11) is 0. The first-order valence-corrected chi connectivity index (χ1v) is 8.67. The Morgan fingerprint density at radius 2 is 1.90 bits per heavy atom. The molecule has 0 aliphatic heterocycles. The number of carbonyl (C=O) groups excluding carboxylic acids is 1. The maximum atomic E-state index is 11.9. The molecule has 116 valence electrons. The van der Waals surface area contributed by atoms with Crippen LogP contribution in [0.5, 0.6) is 0 Å². The van der Waals surface area contributed by atoms with E-state index < -0.39 is 0 Å². The van der Waals surface area contributed by atoms with Crippen molar-refractivity contribution in [1.29, 1.82) is 0 Å². The van der Waals surface area contributed by atoms with Gasteiger partial charge in [-0.25, -0.2) is 0 Å². The van der Waals surface area contributed by atoms with Crippen molar-refractivity contribution < 1.29 is 9.53 Å². The molecule has 0 bridgehead atoms. The standard InChI is InChI=1S/C17H31NO2/c1-3-13-8-5-6-11-16(13)18-15-10-7-9-14(12-15)17(19)20-4-2/h13-16,18H,3-12H2,1-2H3. The van der Waals surface area contributed by atoms with Gasteiger partial charge in [-0.05, 0) is 44.9 Å². The fourth-order valence-electron chi connectivity index (χ4n) is 4.03. The molecule has 4 atom stereocenters. The lowest BCUT2D eigenvalue weighted by Crippen LogP contribution is -2.46. The monoisotopic (exact) mass is 281 g/mol. The fourth-order valence-corrected chi connectivity index (χ4v) is 4.03. The average molecular weight is 281 g/mol. The van der Waals surface area contributed by atoms with Crippen molar-refractivity contribution in [2.45, 2.75) is 83.7 Å². The van der Waals surface area contributed by atoms with Crippen LogP contribution in [0.3, 0.4) is 0 Å². The summed E-state index contributed by atoms with van der Waals surface area (Å²) in [6.45, 7) is 4.71. The first kappa shape index (κ1) is 15.8. The van der Waals surface area contributed by atoms with Gasteiger partial charge in [-0.15, -0.1) is 0 Å². The van der Waals surface area contributed by atoms with Gasteiger partial charge in [-0.1, -0.05) is 32.6 Å². The molecular formula is C17H31NO2. The normalized spacial score (nSPS) is 34.7. The Hall–Kier alpha value is -0.570. The molecule has 0 aromatic carbocycles. The molecule has 0 aromatic heterocycles. The SMILES string of the molecule is CCOC(=O)C1CCCC(NC2CCCCC2CC)C1. The number of ether oxygens (including phenoxy) is 1. The van der Waals surface area contributed by atoms with Gasteiger partial charge in [0.2, 0.25) is 0 Å². The van der Waals surface area contributed by atoms with Crippen LogP contribution in [-0.2, 0) is 9.53 Å². The summed E-state index contributed by atoms with van der Waals surface area (Å²) in [6, 6.07) is 1.20. The van der Waals surface area contributed by atoms with E-state index in [1.807, 2.05) is 6.92 Å². The van der Waals surface area contributed by atoms with Gasteiger partial charge < -0.3 is 10.1 Å². The maximum absolute atomic E-state index is 11.9. The Labute approximate surface area is 123 Å². The Kier molecular flexibility index (Phi) is 6.34. The van der Waals surface area contributed by atoms with E-state index in [4.69, 9.17) is 4.74 Å². The second-order valence-electron chi connectivity index (χ2n) is 6.54. The minimum absolute atomic E-state index is 0.0229. The van der Waals surface area contributed by atoms with Crippen LogP contribution in [0.4, 0.5) is 0 Å². The van der Waals surface area contributed by atoms with E-state index in [9.17, 15) is 4.79 Å². The van der Waals surface area contributed by atoms with Gasteiger partial charge in [-0.2, -0.15) is 0 Å². The molecule has 4 unspecified atom stereocenters. The van der Waals surface area contributed by atoms with Crippen molar-refractivity contribution in [3.05, 3.63) is 0 Å². The molecule has 0 radical (unpaired) electrons. The van der Waals surface area contributed by atoms with Gasteiger partial charge in [0.25, 0.3) is 0 Å². The Morgan fingerprint density at radius 3 is 2.65 bits per heavy atom. The van der Waals surface area contributed by atoms with Crippen LogP contribution in [0.2, 0.25) is 0 Å². The van der Waals surface area contributed by atoms with Gasteiger partial charge >= 0.3 is 5.97 Å². The molecule has 2 aliphatic carbocycles. The highest BCUT2D eigenvalue weighted by molar-refractivity contribution is 5.72. The molecule has 1 N–H and O–H groups in total. The zero-order chi connectivity index (χ0) is 14.4. The summed E-state index contributed by atoms with van der Waals surface area (Å²) < 4.78 is 5.20. The van der Waals surface area contributed by atoms with Crippen molar-refractivity contribution in [3.63, 3.8) is 0 Å². The zero-order valence-electron chi connectivity index (χ0n) is 13.2. The Morgan fingerprint density at radius 1 is 1.10 bits per heavy atom. The summed E-state index contributed by atoms with van der Waals surface area (Å²) in [5.41, 5.74) is 0. The van der Waals surface area contributed by atoms with Gasteiger partial charge in [0.05, 0.1) is 12.5 Å². The van der Waals surface area contributed by atoms with Crippen LogP contribution in [0.25, 0.3) is 0 Å². The molecule has 0 saturated heterocycles. The predicted molar refractivity (Wildman–Crippen MR) is 81.6 cm³/mol. The summed E-state index contributed by atoms with van der Waals surface area (Å²) >= 11 is 0. The first-order valence-electron chi connectivity index (χ1n) is 8.67. The average Bonchev–Trinajstić information content (AvgIpc) is 2.48. The second-order valence-corrected chi connectivity index (χ2v) is 6.54. The molecule has 0 amide bonds. The summed E-state index contributed by atoms with van der Waals surface area (Å²) in [5.74, 6) is 0.992.